The van der Waals surface area contributed by atoms with Gasteiger partial charge in [-0.3, -0.25) is 4.79 Å². The van der Waals surface area contributed by atoms with Crippen LogP contribution in [0, 0.1) is 0 Å². The minimum Gasteiger partial charge on any atom is -0.468 e. The molecule has 0 aliphatic heterocycles. The van der Waals surface area contributed by atoms with Gasteiger partial charge in [-0.2, -0.15) is 0 Å². The van der Waals surface area contributed by atoms with Gasteiger partial charge in [0.1, 0.15) is 16.3 Å². The van der Waals surface area contributed by atoms with E-state index in [1.165, 1.54) is 7.11 Å². The number of alkyl halides is 1. The number of para-hydroxylation sites is 1. The van der Waals surface area contributed by atoms with Gasteiger partial charge in [0.15, 0.2) is 0 Å². The molecule has 0 amide bonds. The fourth-order valence-electron chi connectivity index (χ4n) is 1.68. The zero-order valence-electron chi connectivity index (χ0n) is 11.6. The second-order valence-corrected chi connectivity index (χ2v) is 5.42. The van der Waals surface area contributed by atoms with E-state index in [1.807, 2.05) is 54.6 Å². The number of carbonyl (C=O) groups excluding carboxylic acids is 1. The Bertz CT molecular complexity index is 572. The third-order valence-corrected chi connectivity index (χ3v) is 3.47. The quantitative estimate of drug-likeness (QED) is 0.636. The molecule has 2 aromatic carbocycles. The Labute approximate surface area is 132 Å². The SMILES string of the molecule is COC(=O)C(Br)CNc1ccc(Oc2ccccc2)cc1. The summed E-state index contributed by atoms with van der Waals surface area (Å²) in [6, 6.07) is 17.1. The van der Waals surface area contributed by atoms with E-state index in [1.54, 1.807) is 0 Å². The van der Waals surface area contributed by atoms with Crippen LogP contribution >= 0.6 is 15.9 Å². The number of halogens is 1. The Hall–Kier alpha value is -2.01. The van der Waals surface area contributed by atoms with Crippen molar-refractivity contribution in [1.29, 1.82) is 0 Å². The number of ether oxygens (including phenoxy) is 2. The lowest BCUT2D eigenvalue weighted by molar-refractivity contribution is -0.139. The number of carbonyl (C=O) groups is 1. The first-order chi connectivity index (χ1) is 10.2. The number of nitrogens with one attached hydrogen (secondary N) is 1. The molecule has 5 heteroatoms. The van der Waals surface area contributed by atoms with Crippen LogP contribution in [0.1, 0.15) is 0 Å². The van der Waals surface area contributed by atoms with Gasteiger partial charge >= 0.3 is 5.97 Å². The van der Waals surface area contributed by atoms with Crippen molar-refractivity contribution in [2.45, 2.75) is 4.83 Å². The molecule has 0 aliphatic rings. The molecule has 0 saturated carbocycles. The summed E-state index contributed by atoms with van der Waals surface area (Å²) in [4.78, 5) is 10.9. The number of methoxy groups -OCH3 is 1. The number of hydrogen-bond acceptors (Lipinski definition) is 4. The summed E-state index contributed by atoms with van der Waals surface area (Å²) in [5.41, 5.74) is 0.906. The Kier molecular flexibility index (Phi) is 5.63. The Balaban J connectivity index is 1.89. The lowest BCUT2D eigenvalue weighted by atomic mass is 10.3. The predicted octanol–water partition coefficient (Wildman–Crippen LogP) is 3.83. The molecule has 0 heterocycles. The molecule has 0 aliphatic carbocycles. The molecule has 1 N–H and O–H groups in total. The molecule has 0 fully saturated rings. The maximum absolute atomic E-state index is 11.3. The second kappa shape index (κ2) is 7.69. The van der Waals surface area contributed by atoms with Crippen LogP contribution in [0.25, 0.3) is 0 Å². The van der Waals surface area contributed by atoms with Crippen LogP contribution in [0.5, 0.6) is 11.5 Å². The van der Waals surface area contributed by atoms with Crippen molar-refractivity contribution < 1.29 is 14.3 Å². The molecule has 1 unspecified atom stereocenters. The summed E-state index contributed by atoms with van der Waals surface area (Å²) in [6.45, 7) is 0.450. The monoisotopic (exact) mass is 349 g/mol. The van der Waals surface area contributed by atoms with Gasteiger partial charge in [-0.25, -0.2) is 0 Å². The number of benzene rings is 2. The van der Waals surface area contributed by atoms with Gasteiger partial charge in [0.25, 0.3) is 0 Å². The summed E-state index contributed by atoms with van der Waals surface area (Å²) in [7, 11) is 1.37. The third-order valence-electron chi connectivity index (χ3n) is 2.78. The maximum atomic E-state index is 11.3. The molecule has 2 aromatic rings. The Morgan fingerprint density at radius 1 is 1.10 bits per heavy atom. The van der Waals surface area contributed by atoms with Gasteiger partial charge in [-0.1, -0.05) is 34.1 Å². The number of esters is 1. The lowest BCUT2D eigenvalue weighted by Gasteiger charge is -2.11. The largest absolute Gasteiger partial charge is 0.468 e. The molecule has 4 nitrogen and oxygen atoms in total. The minimum atomic E-state index is -0.372. The fraction of sp³-hybridized carbons (Fsp3) is 0.188. The molecule has 21 heavy (non-hydrogen) atoms. The molecule has 0 bridgehead atoms. The molecular weight excluding hydrogens is 334 g/mol. The topological polar surface area (TPSA) is 47.6 Å². The summed E-state index contributed by atoms with van der Waals surface area (Å²) < 4.78 is 10.3. The number of anilines is 1. The summed E-state index contributed by atoms with van der Waals surface area (Å²) in [6.07, 6.45) is 0. The van der Waals surface area contributed by atoms with E-state index in [4.69, 9.17) is 4.74 Å². The third kappa shape index (κ3) is 4.79. The van der Waals surface area contributed by atoms with Crippen molar-refractivity contribution in [3.63, 3.8) is 0 Å². The van der Waals surface area contributed by atoms with Gasteiger partial charge in [-0.05, 0) is 36.4 Å². The zero-order valence-corrected chi connectivity index (χ0v) is 13.2. The molecule has 0 saturated heterocycles. The molecule has 2 rings (SSSR count). The summed E-state index contributed by atoms with van der Waals surface area (Å²) in [5.74, 6) is 1.26. The Morgan fingerprint density at radius 2 is 1.71 bits per heavy atom. The van der Waals surface area contributed by atoms with Crippen LogP contribution in [-0.4, -0.2) is 24.5 Å². The van der Waals surface area contributed by atoms with Gasteiger partial charge in [0, 0.05) is 12.2 Å². The van der Waals surface area contributed by atoms with Gasteiger partial charge in [0.05, 0.1) is 7.11 Å². The van der Waals surface area contributed by atoms with Crippen LogP contribution in [-0.2, 0) is 9.53 Å². The van der Waals surface area contributed by atoms with Crippen LogP contribution in [0.2, 0.25) is 0 Å². The normalized spacial score (nSPS) is 11.5. The first-order valence-corrected chi connectivity index (χ1v) is 7.39. The van der Waals surface area contributed by atoms with E-state index in [-0.39, 0.29) is 10.8 Å². The van der Waals surface area contributed by atoms with Crippen molar-refractivity contribution >= 4 is 27.6 Å². The van der Waals surface area contributed by atoms with E-state index < -0.39 is 0 Å². The van der Waals surface area contributed by atoms with Crippen molar-refractivity contribution in [3.8, 4) is 11.5 Å². The van der Waals surface area contributed by atoms with Crippen molar-refractivity contribution in [2.24, 2.45) is 0 Å². The van der Waals surface area contributed by atoms with E-state index in [2.05, 4.69) is 26.0 Å². The number of rotatable bonds is 6. The predicted molar refractivity (Wildman–Crippen MR) is 86.2 cm³/mol. The second-order valence-electron chi connectivity index (χ2n) is 4.31. The molecule has 110 valence electrons. The minimum absolute atomic E-state index is 0.300. The highest BCUT2D eigenvalue weighted by atomic mass is 79.9. The van der Waals surface area contributed by atoms with Crippen LogP contribution < -0.4 is 10.1 Å². The summed E-state index contributed by atoms with van der Waals surface area (Å²) >= 11 is 3.26. The molecule has 0 radical (unpaired) electrons. The standard InChI is InChI=1S/C16H16BrNO3/c1-20-16(19)15(17)11-18-12-7-9-14(10-8-12)21-13-5-3-2-4-6-13/h2-10,15,18H,11H2,1H3. The van der Waals surface area contributed by atoms with E-state index in [9.17, 15) is 4.79 Å². The van der Waals surface area contributed by atoms with E-state index in [0.717, 1.165) is 17.2 Å². The van der Waals surface area contributed by atoms with Crippen LogP contribution in [0.15, 0.2) is 54.6 Å². The molecule has 0 spiro atoms. The van der Waals surface area contributed by atoms with Gasteiger partial charge in [-0.15, -0.1) is 0 Å². The zero-order chi connectivity index (χ0) is 15.1. The average molecular weight is 350 g/mol. The van der Waals surface area contributed by atoms with E-state index >= 15 is 0 Å². The van der Waals surface area contributed by atoms with Crippen LogP contribution in [0.3, 0.4) is 0 Å². The lowest BCUT2D eigenvalue weighted by Crippen LogP contribution is -2.24. The smallest absolute Gasteiger partial charge is 0.321 e. The molecule has 0 aromatic heterocycles. The van der Waals surface area contributed by atoms with Crippen molar-refractivity contribution in [1.82, 2.24) is 0 Å². The molecular formula is C16H16BrNO3. The highest BCUT2D eigenvalue weighted by Crippen LogP contribution is 2.22. The van der Waals surface area contributed by atoms with Crippen LogP contribution in [0.4, 0.5) is 5.69 Å². The fourth-order valence-corrected chi connectivity index (χ4v) is 2.03. The maximum Gasteiger partial charge on any atom is 0.321 e. The van der Waals surface area contributed by atoms with Crippen molar-refractivity contribution in [3.05, 3.63) is 54.6 Å². The highest BCUT2D eigenvalue weighted by Gasteiger charge is 2.14. The molecule has 1 atom stereocenters. The first kappa shape index (κ1) is 15.4. The first-order valence-electron chi connectivity index (χ1n) is 6.48. The number of hydrogen-bond donors (Lipinski definition) is 1. The van der Waals surface area contributed by atoms with Crippen molar-refractivity contribution in [2.75, 3.05) is 19.0 Å². The summed E-state index contributed by atoms with van der Waals surface area (Å²) in [5, 5.41) is 3.15. The van der Waals surface area contributed by atoms with Gasteiger partial charge < -0.3 is 14.8 Å². The van der Waals surface area contributed by atoms with Gasteiger partial charge in [0.2, 0.25) is 0 Å². The average Bonchev–Trinajstić information content (AvgIpc) is 2.54. The highest BCUT2D eigenvalue weighted by molar-refractivity contribution is 9.10. The Morgan fingerprint density at radius 3 is 2.33 bits per heavy atom. The van der Waals surface area contributed by atoms with E-state index in [0.29, 0.717) is 6.54 Å².